The maximum absolute atomic E-state index is 11.0. The normalized spacial score (nSPS) is 18.9. The van der Waals surface area contributed by atoms with Crippen molar-refractivity contribution in [2.45, 2.75) is 25.7 Å². The molecule has 0 atom stereocenters. The minimum Gasteiger partial charge on any atom is -0.481 e. The summed E-state index contributed by atoms with van der Waals surface area (Å²) in [5, 5.41) is 11.5. The zero-order valence-electron chi connectivity index (χ0n) is 8.21. The molecular formula is C9H15NO4. The van der Waals surface area contributed by atoms with Gasteiger partial charge in [-0.1, -0.05) is 12.8 Å². The highest BCUT2D eigenvalue weighted by Crippen LogP contribution is 2.37. The molecule has 2 N–H and O–H groups in total. The lowest BCUT2D eigenvalue weighted by molar-refractivity contribution is -0.148. The molecule has 0 aliphatic heterocycles. The van der Waals surface area contributed by atoms with Crippen molar-refractivity contribution in [1.29, 1.82) is 0 Å². The summed E-state index contributed by atoms with van der Waals surface area (Å²) >= 11 is 0. The van der Waals surface area contributed by atoms with E-state index in [0.717, 1.165) is 12.8 Å². The number of carboxylic acid groups (broad SMARTS) is 1. The maximum Gasteiger partial charge on any atom is 0.406 e. The number of ether oxygens (including phenoxy) is 1. The summed E-state index contributed by atoms with van der Waals surface area (Å²) in [6.07, 6.45) is 2.51. The fourth-order valence-electron chi connectivity index (χ4n) is 1.83. The largest absolute Gasteiger partial charge is 0.481 e. The molecule has 0 unspecified atom stereocenters. The monoisotopic (exact) mass is 201 g/mol. The van der Waals surface area contributed by atoms with Gasteiger partial charge in [0.05, 0.1) is 12.5 Å². The number of carboxylic acids is 1. The molecule has 1 aliphatic carbocycles. The van der Waals surface area contributed by atoms with E-state index in [9.17, 15) is 9.59 Å². The zero-order chi connectivity index (χ0) is 10.6. The number of carbonyl (C=O) groups excluding carboxylic acids is 1. The molecule has 1 rings (SSSR count). The Bertz CT molecular complexity index is 233. The number of alkyl carbamates (subject to hydrolysis) is 1. The summed E-state index contributed by atoms with van der Waals surface area (Å²) in [7, 11) is 1.26. The van der Waals surface area contributed by atoms with Gasteiger partial charge in [0, 0.05) is 6.54 Å². The van der Waals surface area contributed by atoms with Gasteiger partial charge in [0.25, 0.3) is 0 Å². The van der Waals surface area contributed by atoms with Crippen LogP contribution in [0.15, 0.2) is 0 Å². The summed E-state index contributed by atoms with van der Waals surface area (Å²) in [5.74, 6) is -0.827. The van der Waals surface area contributed by atoms with Crippen LogP contribution in [0.4, 0.5) is 4.79 Å². The number of methoxy groups -OCH3 is 1. The predicted octanol–water partition coefficient (Wildman–Crippen LogP) is 0.987. The Morgan fingerprint density at radius 2 is 2.00 bits per heavy atom. The van der Waals surface area contributed by atoms with Crippen LogP contribution in [0.25, 0.3) is 0 Å². The fourth-order valence-corrected chi connectivity index (χ4v) is 1.83. The van der Waals surface area contributed by atoms with Crippen LogP contribution in [0.1, 0.15) is 25.7 Å². The first-order valence-electron chi connectivity index (χ1n) is 4.66. The molecule has 0 spiro atoms. The van der Waals surface area contributed by atoms with Crippen molar-refractivity contribution in [3.8, 4) is 0 Å². The van der Waals surface area contributed by atoms with Crippen molar-refractivity contribution in [3.63, 3.8) is 0 Å². The summed E-state index contributed by atoms with van der Waals surface area (Å²) in [6, 6.07) is 0. The molecule has 0 aromatic heterocycles. The van der Waals surface area contributed by atoms with Gasteiger partial charge in [0.15, 0.2) is 0 Å². The van der Waals surface area contributed by atoms with E-state index in [0.29, 0.717) is 12.8 Å². The Balaban J connectivity index is 2.52. The Morgan fingerprint density at radius 3 is 2.43 bits per heavy atom. The Labute approximate surface area is 82.4 Å². The molecule has 1 fully saturated rings. The van der Waals surface area contributed by atoms with Gasteiger partial charge in [-0.15, -0.1) is 0 Å². The van der Waals surface area contributed by atoms with Crippen LogP contribution in [-0.2, 0) is 9.53 Å². The van der Waals surface area contributed by atoms with E-state index < -0.39 is 17.5 Å². The van der Waals surface area contributed by atoms with Gasteiger partial charge in [-0.2, -0.15) is 0 Å². The smallest absolute Gasteiger partial charge is 0.406 e. The molecule has 0 saturated heterocycles. The van der Waals surface area contributed by atoms with E-state index in [1.54, 1.807) is 0 Å². The molecule has 1 aliphatic rings. The van der Waals surface area contributed by atoms with Crippen LogP contribution in [0.2, 0.25) is 0 Å². The van der Waals surface area contributed by atoms with Crippen LogP contribution < -0.4 is 5.32 Å². The first-order chi connectivity index (χ1) is 6.60. The first-order valence-corrected chi connectivity index (χ1v) is 4.66. The highest BCUT2D eigenvalue weighted by molar-refractivity contribution is 5.76. The Kier molecular flexibility index (Phi) is 3.33. The molecule has 5 nitrogen and oxygen atoms in total. The summed E-state index contributed by atoms with van der Waals surface area (Å²) in [5.41, 5.74) is -0.770. The predicted molar refractivity (Wildman–Crippen MR) is 48.9 cm³/mol. The lowest BCUT2D eigenvalue weighted by Crippen LogP contribution is -2.41. The van der Waals surface area contributed by atoms with E-state index in [-0.39, 0.29) is 6.54 Å². The van der Waals surface area contributed by atoms with Gasteiger partial charge in [-0.25, -0.2) is 4.79 Å². The van der Waals surface area contributed by atoms with Crippen LogP contribution in [0.5, 0.6) is 0 Å². The molecule has 0 bridgehead atoms. The minimum atomic E-state index is -0.827. The van der Waals surface area contributed by atoms with Crippen LogP contribution in [0, 0.1) is 5.41 Å². The molecular weight excluding hydrogens is 186 g/mol. The van der Waals surface area contributed by atoms with E-state index in [1.165, 1.54) is 7.11 Å². The van der Waals surface area contributed by atoms with Crippen LogP contribution >= 0.6 is 0 Å². The average molecular weight is 201 g/mol. The fraction of sp³-hybridized carbons (Fsp3) is 0.778. The van der Waals surface area contributed by atoms with Gasteiger partial charge in [-0.05, 0) is 12.8 Å². The molecule has 14 heavy (non-hydrogen) atoms. The molecule has 5 heteroatoms. The van der Waals surface area contributed by atoms with Gasteiger partial charge in [-0.3, -0.25) is 4.79 Å². The number of rotatable bonds is 3. The minimum absolute atomic E-state index is 0.162. The van der Waals surface area contributed by atoms with Crippen molar-refractivity contribution in [1.82, 2.24) is 5.32 Å². The summed E-state index contributed by atoms with van der Waals surface area (Å²) in [4.78, 5) is 21.8. The van der Waals surface area contributed by atoms with E-state index >= 15 is 0 Å². The zero-order valence-corrected chi connectivity index (χ0v) is 8.21. The number of nitrogens with one attached hydrogen (secondary N) is 1. The highest BCUT2D eigenvalue weighted by Gasteiger charge is 2.41. The Hall–Kier alpha value is -1.26. The van der Waals surface area contributed by atoms with Gasteiger partial charge >= 0.3 is 12.1 Å². The lowest BCUT2D eigenvalue weighted by atomic mass is 9.86. The summed E-state index contributed by atoms with van der Waals surface area (Å²) in [6.45, 7) is 0.162. The van der Waals surface area contributed by atoms with E-state index in [4.69, 9.17) is 5.11 Å². The standard InChI is InChI=1S/C9H15NO4/c1-14-8(13)10-6-9(7(11)12)4-2-3-5-9/h2-6H2,1H3,(H,10,13)(H,11,12). The molecule has 0 aromatic carbocycles. The first kappa shape index (κ1) is 10.8. The summed E-state index contributed by atoms with van der Waals surface area (Å²) < 4.78 is 4.39. The average Bonchev–Trinajstić information content (AvgIpc) is 2.64. The second-order valence-corrected chi connectivity index (χ2v) is 3.64. The van der Waals surface area contributed by atoms with Gasteiger partial charge < -0.3 is 15.2 Å². The second-order valence-electron chi connectivity index (χ2n) is 3.64. The third-order valence-electron chi connectivity index (χ3n) is 2.77. The molecule has 0 radical (unpaired) electrons. The van der Waals surface area contributed by atoms with E-state index in [2.05, 4.69) is 10.1 Å². The molecule has 0 heterocycles. The number of amides is 1. The van der Waals surface area contributed by atoms with Gasteiger partial charge in [0.1, 0.15) is 0 Å². The number of hydrogen-bond donors (Lipinski definition) is 2. The highest BCUT2D eigenvalue weighted by atomic mass is 16.5. The van der Waals surface area contributed by atoms with E-state index in [1.807, 2.05) is 0 Å². The third-order valence-corrected chi connectivity index (χ3v) is 2.77. The quantitative estimate of drug-likeness (QED) is 0.713. The van der Waals surface area contributed by atoms with Crippen molar-refractivity contribution < 1.29 is 19.4 Å². The van der Waals surface area contributed by atoms with Crippen LogP contribution in [-0.4, -0.2) is 30.8 Å². The molecule has 1 amide bonds. The van der Waals surface area contributed by atoms with Crippen molar-refractivity contribution in [2.75, 3.05) is 13.7 Å². The Morgan fingerprint density at radius 1 is 1.43 bits per heavy atom. The number of carbonyl (C=O) groups is 2. The second kappa shape index (κ2) is 4.30. The molecule has 0 aromatic rings. The SMILES string of the molecule is COC(=O)NCC1(C(=O)O)CCCC1. The number of aliphatic carboxylic acids is 1. The molecule has 80 valence electrons. The van der Waals surface area contributed by atoms with Crippen molar-refractivity contribution in [3.05, 3.63) is 0 Å². The van der Waals surface area contributed by atoms with Crippen molar-refractivity contribution in [2.24, 2.45) is 5.41 Å². The molecule has 1 saturated carbocycles. The number of hydrogen-bond acceptors (Lipinski definition) is 3. The van der Waals surface area contributed by atoms with Gasteiger partial charge in [0.2, 0.25) is 0 Å². The third kappa shape index (κ3) is 2.16. The van der Waals surface area contributed by atoms with Crippen LogP contribution in [0.3, 0.4) is 0 Å². The maximum atomic E-state index is 11.0. The van der Waals surface area contributed by atoms with Crippen molar-refractivity contribution >= 4 is 12.1 Å². The lowest BCUT2D eigenvalue weighted by Gasteiger charge is -2.23. The topological polar surface area (TPSA) is 75.6 Å².